The predicted octanol–water partition coefficient (Wildman–Crippen LogP) is 4.46. The lowest BCUT2D eigenvalue weighted by Gasteiger charge is -2.22. The highest BCUT2D eigenvalue weighted by atomic mass is 16.6. The Hall–Kier alpha value is -2.05. The number of alkyl carbamates (subject to hydrolysis) is 2. The molecule has 0 aromatic rings. The molecule has 0 radical (unpaired) electrons. The van der Waals surface area contributed by atoms with Crippen molar-refractivity contribution >= 4 is 18.0 Å². The summed E-state index contributed by atoms with van der Waals surface area (Å²) < 4.78 is 10.3. The standard InChI is InChI=1S/C20H36N2O5/c1-14(21-17(24)26-19(3,4)5)12-10-9-11-13-16(15(2)23)22-18(25)27-20(6,7)8/h16H,1,9-13H2,2-8H3,(H,21,24)(H,22,25)/t16-/m0/s1. The van der Waals surface area contributed by atoms with E-state index in [2.05, 4.69) is 17.2 Å². The van der Waals surface area contributed by atoms with Crippen LogP contribution in [-0.2, 0) is 14.3 Å². The van der Waals surface area contributed by atoms with E-state index in [1.807, 2.05) is 0 Å². The van der Waals surface area contributed by atoms with Crippen molar-refractivity contribution in [1.82, 2.24) is 10.6 Å². The molecule has 2 amide bonds. The highest BCUT2D eigenvalue weighted by molar-refractivity contribution is 5.85. The molecule has 0 aliphatic rings. The predicted molar refractivity (Wildman–Crippen MR) is 105 cm³/mol. The number of rotatable bonds is 9. The SMILES string of the molecule is C=C(CCCCC[C@H](NC(=O)OC(C)(C)C)C(C)=O)NC(=O)OC(C)(C)C. The van der Waals surface area contributed by atoms with E-state index < -0.39 is 29.4 Å². The number of hydrogen-bond acceptors (Lipinski definition) is 5. The van der Waals surface area contributed by atoms with E-state index in [-0.39, 0.29) is 5.78 Å². The van der Waals surface area contributed by atoms with Gasteiger partial charge in [0.15, 0.2) is 5.78 Å². The number of amides is 2. The van der Waals surface area contributed by atoms with E-state index in [1.165, 1.54) is 6.92 Å². The molecule has 0 unspecified atom stereocenters. The first kappa shape index (κ1) is 24.9. The normalized spacial score (nSPS) is 12.7. The number of carbonyl (C=O) groups excluding carboxylic acids is 3. The zero-order valence-electron chi connectivity index (χ0n) is 17.9. The lowest BCUT2D eigenvalue weighted by molar-refractivity contribution is -0.119. The Bertz CT molecular complexity index is 529. The molecule has 0 bridgehead atoms. The van der Waals surface area contributed by atoms with Crippen molar-refractivity contribution in [3.05, 3.63) is 12.3 Å². The van der Waals surface area contributed by atoms with Gasteiger partial charge in [0, 0.05) is 5.70 Å². The Labute approximate surface area is 163 Å². The monoisotopic (exact) mass is 384 g/mol. The fourth-order valence-corrected chi connectivity index (χ4v) is 2.20. The summed E-state index contributed by atoms with van der Waals surface area (Å²) in [5.74, 6) is -0.100. The molecular weight excluding hydrogens is 348 g/mol. The Morgan fingerprint density at radius 3 is 1.89 bits per heavy atom. The molecule has 0 aliphatic carbocycles. The lowest BCUT2D eigenvalue weighted by atomic mass is 10.0. The molecule has 0 saturated carbocycles. The second kappa shape index (κ2) is 10.9. The van der Waals surface area contributed by atoms with Gasteiger partial charge in [-0.15, -0.1) is 0 Å². The van der Waals surface area contributed by atoms with Gasteiger partial charge in [0.05, 0.1) is 6.04 Å². The van der Waals surface area contributed by atoms with Gasteiger partial charge in [0.25, 0.3) is 0 Å². The minimum atomic E-state index is -0.604. The van der Waals surface area contributed by atoms with Gasteiger partial charge < -0.3 is 14.8 Å². The molecule has 7 nitrogen and oxygen atoms in total. The van der Waals surface area contributed by atoms with E-state index in [0.29, 0.717) is 18.5 Å². The van der Waals surface area contributed by atoms with Crippen LogP contribution < -0.4 is 10.6 Å². The van der Waals surface area contributed by atoms with E-state index in [9.17, 15) is 14.4 Å². The van der Waals surface area contributed by atoms with Gasteiger partial charge in [-0.3, -0.25) is 10.1 Å². The zero-order valence-corrected chi connectivity index (χ0v) is 17.9. The van der Waals surface area contributed by atoms with Gasteiger partial charge in [-0.2, -0.15) is 0 Å². The molecule has 156 valence electrons. The summed E-state index contributed by atoms with van der Waals surface area (Å²) in [6, 6.07) is -0.553. The molecule has 0 heterocycles. The molecule has 0 aromatic carbocycles. The highest BCUT2D eigenvalue weighted by Crippen LogP contribution is 2.12. The van der Waals surface area contributed by atoms with E-state index in [4.69, 9.17) is 9.47 Å². The summed E-state index contributed by atoms with van der Waals surface area (Å²) in [6.45, 7) is 16.0. The second-order valence-electron chi connectivity index (χ2n) is 8.64. The second-order valence-corrected chi connectivity index (χ2v) is 8.64. The average molecular weight is 385 g/mol. The molecule has 7 heteroatoms. The minimum absolute atomic E-state index is 0.100. The quantitative estimate of drug-likeness (QED) is 0.573. The number of ether oxygens (including phenoxy) is 2. The summed E-state index contributed by atoms with van der Waals surface area (Å²) in [7, 11) is 0. The number of Topliss-reactive ketones (excluding diaryl/α,β-unsaturated/α-hetero) is 1. The fourth-order valence-electron chi connectivity index (χ4n) is 2.20. The van der Waals surface area contributed by atoms with Crippen LogP contribution in [-0.4, -0.2) is 35.2 Å². The molecular formula is C20H36N2O5. The number of ketones is 1. The minimum Gasteiger partial charge on any atom is -0.444 e. The fraction of sp³-hybridized carbons (Fsp3) is 0.750. The summed E-state index contributed by atoms with van der Waals surface area (Å²) in [5, 5.41) is 5.24. The Balaban J connectivity index is 4.11. The maximum absolute atomic E-state index is 11.8. The smallest absolute Gasteiger partial charge is 0.411 e. The highest BCUT2D eigenvalue weighted by Gasteiger charge is 2.21. The topological polar surface area (TPSA) is 93.7 Å². The van der Waals surface area contributed by atoms with Crippen LogP contribution in [0.15, 0.2) is 12.3 Å². The van der Waals surface area contributed by atoms with E-state index in [1.54, 1.807) is 41.5 Å². The Kier molecular flexibility index (Phi) is 10.1. The van der Waals surface area contributed by atoms with Crippen molar-refractivity contribution in [2.75, 3.05) is 0 Å². The number of carbonyl (C=O) groups is 3. The van der Waals surface area contributed by atoms with Crippen molar-refractivity contribution in [1.29, 1.82) is 0 Å². The van der Waals surface area contributed by atoms with E-state index in [0.717, 1.165) is 19.3 Å². The average Bonchev–Trinajstić information content (AvgIpc) is 2.40. The van der Waals surface area contributed by atoms with Crippen molar-refractivity contribution in [2.45, 2.75) is 97.8 Å². The first-order valence-corrected chi connectivity index (χ1v) is 9.37. The van der Waals surface area contributed by atoms with Crippen LogP contribution in [0.4, 0.5) is 9.59 Å². The van der Waals surface area contributed by atoms with Crippen LogP contribution in [0.25, 0.3) is 0 Å². The summed E-state index contributed by atoms with van der Waals surface area (Å²) >= 11 is 0. The lowest BCUT2D eigenvalue weighted by Crippen LogP contribution is -2.42. The van der Waals surface area contributed by atoms with Crippen LogP contribution >= 0.6 is 0 Å². The number of unbranched alkanes of at least 4 members (excludes halogenated alkanes) is 2. The van der Waals surface area contributed by atoms with Gasteiger partial charge in [-0.05, 0) is 67.7 Å². The molecule has 0 rings (SSSR count). The largest absolute Gasteiger partial charge is 0.444 e. The van der Waals surface area contributed by atoms with Crippen molar-refractivity contribution in [3.63, 3.8) is 0 Å². The first-order valence-electron chi connectivity index (χ1n) is 9.37. The molecule has 0 aliphatic heterocycles. The maximum atomic E-state index is 11.8. The maximum Gasteiger partial charge on any atom is 0.411 e. The Morgan fingerprint density at radius 2 is 1.41 bits per heavy atom. The molecule has 0 saturated heterocycles. The van der Waals surface area contributed by atoms with Gasteiger partial charge in [-0.1, -0.05) is 19.4 Å². The van der Waals surface area contributed by atoms with Crippen LogP contribution in [0.1, 0.15) is 80.6 Å². The first-order chi connectivity index (χ1) is 12.2. The molecule has 0 fully saturated rings. The van der Waals surface area contributed by atoms with Crippen molar-refractivity contribution in [2.24, 2.45) is 0 Å². The van der Waals surface area contributed by atoms with Crippen molar-refractivity contribution < 1.29 is 23.9 Å². The molecule has 27 heavy (non-hydrogen) atoms. The van der Waals surface area contributed by atoms with Crippen LogP contribution in [0.5, 0.6) is 0 Å². The summed E-state index contributed by atoms with van der Waals surface area (Å²) in [6.07, 6.45) is 2.49. The van der Waals surface area contributed by atoms with Gasteiger partial charge in [-0.25, -0.2) is 9.59 Å². The molecule has 0 spiro atoms. The third kappa shape index (κ3) is 14.8. The van der Waals surface area contributed by atoms with Crippen molar-refractivity contribution in [3.8, 4) is 0 Å². The zero-order chi connectivity index (χ0) is 21.3. The third-order valence-corrected chi connectivity index (χ3v) is 3.33. The summed E-state index contributed by atoms with van der Waals surface area (Å²) in [4.78, 5) is 35.2. The molecule has 0 aromatic heterocycles. The Morgan fingerprint density at radius 1 is 0.889 bits per heavy atom. The van der Waals surface area contributed by atoms with E-state index >= 15 is 0 Å². The summed E-state index contributed by atoms with van der Waals surface area (Å²) in [5.41, 5.74) is -0.556. The molecule has 2 N–H and O–H groups in total. The molecule has 1 atom stereocenters. The van der Waals surface area contributed by atoms with Gasteiger partial charge >= 0.3 is 12.2 Å². The third-order valence-electron chi connectivity index (χ3n) is 3.33. The van der Waals surface area contributed by atoms with Crippen LogP contribution in [0.3, 0.4) is 0 Å². The number of hydrogen-bond donors (Lipinski definition) is 2. The van der Waals surface area contributed by atoms with Gasteiger partial charge in [0.1, 0.15) is 11.2 Å². The number of nitrogens with one attached hydrogen (secondary N) is 2. The van der Waals surface area contributed by atoms with Crippen LogP contribution in [0.2, 0.25) is 0 Å². The van der Waals surface area contributed by atoms with Crippen LogP contribution in [0, 0.1) is 0 Å². The van der Waals surface area contributed by atoms with Gasteiger partial charge in [0.2, 0.25) is 0 Å². The number of allylic oxidation sites excluding steroid dienone is 1.